The second kappa shape index (κ2) is 4.48. The summed E-state index contributed by atoms with van der Waals surface area (Å²) in [5.74, 6) is 0. The number of benzene rings is 1. The van der Waals surface area contributed by atoms with Crippen molar-refractivity contribution in [3.63, 3.8) is 0 Å². The highest BCUT2D eigenvalue weighted by Crippen LogP contribution is 2.18. The van der Waals surface area contributed by atoms with Crippen molar-refractivity contribution in [3.05, 3.63) is 39.9 Å². The SMILES string of the molecule is N[C@H]([C]=O)Cc1ccccc1[N+](=O)[O-]. The first-order chi connectivity index (χ1) is 6.65. The van der Waals surface area contributed by atoms with Crippen LogP contribution in [0.3, 0.4) is 0 Å². The molecule has 5 heteroatoms. The van der Waals surface area contributed by atoms with Crippen LogP contribution in [0, 0.1) is 10.1 Å². The van der Waals surface area contributed by atoms with Crippen LogP contribution in [-0.2, 0) is 11.2 Å². The number of nitro groups is 1. The number of carbonyl (C=O) groups excluding carboxylic acids is 1. The van der Waals surface area contributed by atoms with Crippen molar-refractivity contribution in [1.29, 1.82) is 0 Å². The number of nitrogens with two attached hydrogens (primary N) is 1. The number of hydrogen-bond acceptors (Lipinski definition) is 4. The quantitative estimate of drug-likeness (QED) is 0.559. The van der Waals surface area contributed by atoms with E-state index in [1.165, 1.54) is 6.07 Å². The standard InChI is InChI=1S/C9H9N2O3/c10-8(6-12)5-7-3-1-2-4-9(7)11(13)14/h1-4,8H,5,10H2/t8-/m0/s1. The van der Waals surface area contributed by atoms with Gasteiger partial charge in [0.25, 0.3) is 5.69 Å². The van der Waals surface area contributed by atoms with Crippen LogP contribution in [0.5, 0.6) is 0 Å². The van der Waals surface area contributed by atoms with Gasteiger partial charge < -0.3 is 5.73 Å². The highest BCUT2D eigenvalue weighted by Gasteiger charge is 2.14. The number of nitrogens with zero attached hydrogens (tertiary/aromatic N) is 1. The van der Waals surface area contributed by atoms with Gasteiger partial charge in [-0.05, 0) is 0 Å². The Labute approximate surface area is 80.7 Å². The second-order valence-corrected chi connectivity index (χ2v) is 2.81. The molecular formula is C9H9N2O3. The number of para-hydroxylation sites is 1. The van der Waals surface area contributed by atoms with Gasteiger partial charge >= 0.3 is 0 Å². The van der Waals surface area contributed by atoms with Gasteiger partial charge in [-0.2, -0.15) is 0 Å². The van der Waals surface area contributed by atoms with Crippen LogP contribution in [0.4, 0.5) is 5.69 Å². The monoisotopic (exact) mass is 193 g/mol. The molecule has 5 nitrogen and oxygen atoms in total. The fourth-order valence-electron chi connectivity index (χ4n) is 1.14. The highest BCUT2D eigenvalue weighted by molar-refractivity contribution is 5.59. The molecule has 0 spiro atoms. The van der Waals surface area contributed by atoms with E-state index in [9.17, 15) is 14.9 Å². The Balaban J connectivity index is 2.95. The molecule has 0 unspecified atom stereocenters. The van der Waals surface area contributed by atoms with Gasteiger partial charge in [0.1, 0.15) is 0 Å². The minimum absolute atomic E-state index is 0.0156. The summed E-state index contributed by atoms with van der Waals surface area (Å²) in [4.78, 5) is 20.2. The molecular weight excluding hydrogens is 184 g/mol. The maximum absolute atomic E-state index is 10.6. The number of rotatable bonds is 4. The summed E-state index contributed by atoms with van der Waals surface area (Å²) in [5.41, 5.74) is 5.76. The molecule has 0 saturated carbocycles. The van der Waals surface area contributed by atoms with E-state index in [2.05, 4.69) is 0 Å². The lowest BCUT2D eigenvalue weighted by Gasteiger charge is -2.03. The molecule has 14 heavy (non-hydrogen) atoms. The van der Waals surface area contributed by atoms with Crippen LogP contribution in [0.1, 0.15) is 5.56 Å². The Morgan fingerprint density at radius 1 is 1.50 bits per heavy atom. The lowest BCUT2D eigenvalue weighted by Crippen LogP contribution is -2.24. The van der Waals surface area contributed by atoms with Crippen molar-refractivity contribution in [2.75, 3.05) is 0 Å². The van der Waals surface area contributed by atoms with E-state index in [0.717, 1.165) is 0 Å². The molecule has 0 heterocycles. The van der Waals surface area contributed by atoms with E-state index in [0.29, 0.717) is 5.56 Å². The van der Waals surface area contributed by atoms with Crippen molar-refractivity contribution >= 4 is 12.0 Å². The van der Waals surface area contributed by atoms with Crippen LogP contribution in [-0.4, -0.2) is 17.3 Å². The molecule has 1 radical (unpaired) electrons. The first-order valence-corrected chi connectivity index (χ1v) is 4.00. The molecule has 0 aromatic heterocycles. The molecule has 0 aliphatic carbocycles. The predicted molar refractivity (Wildman–Crippen MR) is 50.5 cm³/mol. The van der Waals surface area contributed by atoms with Crippen molar-refractivity contribution < 1.29 is 9.72 Å². The zero-order valence-corrected chi connectivity index (χ0v) is 7.34. The second-order valence-electron chi connectivity index (χ2n) is 2.81. The van der Waals surface area contributed by atoms with Gasteiger partial charge in [-0.3, -0.25) is 14.9 Å². The third kappa shape index (κ3) is 2.37. The summed E-state index contributed by atoms with van der Waals surface area (Å²) in [6.07, 6.45) is 1.72. The van der Waals surface area contributed by atoms with Crippen LogP contribution >= 0.6 is 0 Å². The smallest absolute Gasteiger partial charge is 0.272 e. The van der Waals surface area contributed by atoms with Gasteiger partial charge in [0, 0.05) is 18.1 Å². The average molecular weight is 193 g/mol. The van der Waals surface area contributed by atoms with E-state index in [-0.39, 0.29) is 12.1 Å². The van der Waals surface area contributed by atoms with Gasteiger partial charge in [0.05, 0.1) is 11.0 Å². The molecule has 2 N–H and O–H groups in total. The van der Waals surface area contributed by atoms with E-state index in [4.69, 9.17) is 5.73 Å². The zero-order valence-electron chi connectivity index (χ0n) is 7.34. The van der Waals surface area contributed by atoms with E-state index >= 15 is 0 Å². The molecule has 1 aromatic rings. The normalized spacial score (nSPS) is 12.1. The first kappa shape index (κ1) is 10.3. The van der Waals surface area contributed by atoms with Crippen molar-refractivity contribution in [1.82, 2.24) is 0 Å². The molecule has 0 aliphatic rings. The first-order valence-electron chi connectivity index (χ1n) is 4.00. The fraction of sp³-hybridized carbons (Fsp3) is 0.222. The summed E-state index contributed by atoms with van der Waals surface area (Å²) in [6.45, 7) is 0. The summed E-state index contributed by atoms with van der Waals surface area (Å²) < 4.78 is 0. The Morgan fingerprint density at radius 2 is 2.14 bits per heavy atom. The summed E-state index contributed by atoms with van der Waals surface area (Å²) in [6, 6.07) is 5.39. The highest BCUT2D eigenvalue weighted by atomic mass is 16.6. The summed E-state index contributed by atoms with van der Waals surface area (Å²) in [5, 5.41) is 10.6. The molecule has 73 valence electrons. The van der Waals surface area contributed by atoms with Gasteiger partial charge in [-0.1, -0.05) is 18.2 Å². The van der Waals surface area contributed by atoms with Crippen LogP contribution in [0.15, 0.2) is 24.3 Å². The lowest BCUT2D eigenvalue weighted by atomic mass is 10.1. The van der Waals surface area contributed by atoms with Crippen molar-refractivity contribution in [2.45, 2.75) is 12.5 Å². The average Bonchev–Trinajstić information content (AvgIpc) is 2.18. The van der Waals surface area contributed by atoms with E-state index in [1.807, 2.05) is 0 Å². The van der Waals surface area contributed by atoms with Gasteiger partial charge in [-0.25, -0.2) is 0 Å². The fourth-order valence-corrected chi connectivity index (χ4v) is 1.14. The zero-order chi connectivity index (χ0) is 10.6. The Bertz CT molecular complexity index is 352. The third-order valence-corrected chi connectivity index (χ3v) is 1.78. The van der Waals surface area contributed by atoms with Gasteiger partial charge in [-0.15, -0.1) is 0 Å². The summed E-state index contributed by atoms with van der Waals surface area (Å²) >= 11 is 0. The van der Waals surface area contributed by atoms with Gasteiger partial charge in [0.2, 0.25) is 6.29 Å². The molecule has 0 amide bonds. The predicted octanol–water partition coefficient (Wildman–Crippen LogP) is 0.574. The molecule has 1 aromatic carbocycles. The van der Waals surface area contributed by atoms with Crippen LogP contribution in [0.2, 0.25) is 0 Å². The number of nitro benzene ring substituents is 1. The molecule has 0 bridgehead atoms. The van der Waals surface area contributed by atoms with Crippen LogP contribution < -0.4 is 5.73 Å². The molecule has 1 rings (SSSR count). The van der Waals surface area contributed by atoms with Crippen LogP contribution in [0.25, 0.3) is 0 Å². The Kier molecular flexibility index (Phi) is 3.30. The third-order valence-electron chi connectivity index (χ3n) is 1.78. The van der Waals surface area contributed by atoms with Gasteiger partial charge in [0.15, 0.2) is 0 Å². The topological polar surface area (TPSA) is 86.2 Å². The Hall–Kier alpha value is -1.75. The molecule has 0 fully saturated rings. The molecule has 0 saturated heterocycles. The Morgan fingerprint density at radius 3 is 2.71 bits per heavy atom. The van der Waals surface area contributed by atoms with E-state index in [1.54, 1.807) is 24.5 Å². The van der Waals surface area contributed by atoms with E-state index < -0.39 is 11.0 Å². The largest absolute Gasteiger partial charge is 0.321 e. The minimum atomic E-state index is -0.809. The summed E-state index contributed by atoms with van der Waals surface area (Å²) in [7, 11) is 0. The van der Waals surface area contributed by atoms with Crippen molar-refractivity contribution in [2.24, 2.45) is 5.73 Å². The van der Waals surface area contributed by atoms with Crippen molar-refractivity contribution in [3.8, 4) is 0 Å². The maximum Gasteiger partial charge on any atom is 0.272 e. The lowest BCUT2D eigenvalue weighted by molar-refractivity contribution is -0.385. The molecule has 0 aliphatic heterocycles. The molecule has 1 atom stereocenters. The number of hydrogen-bond donors (Lipinski definition) is 1. The minimum Gasteiger partial charge on any atom is -0.321 e. The maximum atomic E-state index is 10.6.